The normalized spacial score (nSPS) is 11.0. The number of nitrogens with zero attached hydrogens (tertiary/aromatic N) is 2. The van der Waals surface area contributed by atoms with Crippen molar-refractivity contribution in [3.05, 3.63) is 78.1 Å². The molecule has 4 rings (SSSR count). The number of imidazole rings is 1. The first kappa shape index (κ1) is 18.9. The number of nitrogen functional groups attached to an aromatic ring is 1. The molecule has 0 saturated heterocycles. The number of anilines is 2. The SMILES string of the molecule is CCOc1ccc(-n2cnc3cc(NCc4ccc(CC)cc4)cc(N)c32)cc1. The van der Waals surface area contributed by atoms with Gasteiger partial charge >= 0.3 is 0 Å². The molecule has 5 heteroatoms. The lowest BCUT2D eigenvalue weighted by Gasteiger charge is -2.11. The molecular formula is C24H26N4O. The second-order valence-electron chi connectivity index (χ2n) is 7.00. The smallest absolute Gasteiger partial charge is 0.119 e. The summed E-state index contributed by atoms with van der Waals surface area (Å²) in [5, 5.41) is 3.46. The Bertz CT molecular complexity index is 1100. The van der Waals surface area contributed by atoms with Gasteiger partial charge in [-0.25, -0.2) is 4.98 Å². The molecule has 0 fully saturated rings. The topological polar surface area (TPSA) is 65.1 Å². The van der Waals surface area contributed by atoms with E-state index in [4.69, 9.17) is 10.5 Å². The molecular weight excluding hydrogens is 360 g/mol. The minimum atomic E-state index is 0.652. The Labute approximate surface area is 171 Å². The summed E-state index contributed by atoms with van der Waals surface area (Å²) in [6.07, 6.45) is 2.86. The third-order valence-electron chi connectivity index (χ3n) is 5.03. The molecule has 29 heavy (non-hydrogen) atoms. The molecule has 0 unspecified atom stereocenters. The van der Waals surface area contributed by atoms with Gasteiger partial charge < -0.3 is 15.8 Å². The van der Waals surface area contributed by atoms with Crippen LogP contribution >= 0.6 is 0 Å². The summed E-state index contributed by atoms with van der Waals surface area (Å²) in [6.45, 7) is 5.54. The molecule has 4 aromatic rings. The molecule has 0 amide bonds. The predicted octanol–water partition coefficient (Wildman–Crippen LogP) is 5.18. The van der Waals surface area contributed by atoms with Crippen LogP contribution in [-0.4, -0.2) is 16.2 Å². The third-order valence-corrected chi connectivity index (χ3v) is 5.03. The molecule has 0 bridgehead atoms. The van der Waals surface area contributed by atoms with Gasteiger partial charge in [0.1, 0.15) is 12.1 Å². The summed E-state index contributed by atoms with van der Waals surface area (Å²) in [5.41, 5.74) is 13.4. The van der Waals surface area contributed by atoms with Gasteiger partial charge in [0.2, 0.25) is 0 Å². The number of ether oxygens (including phenoxy) is 1. The van der Waals surface area contributed by atoms with E-state index in [0.29, 0.717) is 12.3 Å². The first-order valence-electron chi connectivity index (χ1n) is 9.99. The Morgan fingerprint density at radius 2 is 1.69 bits per heavy atom. The molecule has 148 valence electrons. The van der Waals surface area contributed by atoms with E-state index in [1.54, 1.807) is 0 Å². The fourth-order valence-corrected chi connectivity index (χ4v) is 3.44. The first-order valence-corrected chi connectivity index (χ1v) is 9.99. The monoisotopic (exact) mass is 386 g/mol. The number of hydrogen-bond acceptors (Lipinski definition) is 4. The quantitative estimate of drug-likeness (QED) is 0.430. The van der Waals surface area contributed by atoms with Crippen LogP contribution in [0.3, 0.4) is 0 Å². The lowest BCUT2D eigenvalue weighted by Crippen LogP contribution is -2.02. The van der Waals surface area contributed by atoms with Crippen LogP contribution in [0.2, 0.25) is 0 Å². The van der Waals surface area contributed by atoms with E-state index >= 15 is 0 Å². The van der Waals surface area contributed by atoms with Crippen LogP contribution in [0.1, 0.15) is 25.0 Å². The average Bonchev–Trinajstić information content (AvgIpc) is 3.18. The van der Waals surface area contributed by atoms with E-state index in [9.17, 15) is 0 Å². The van der Waals surface area contributed by atoms with Crippen molar-refractivity contribution in [2.75, 3.05) is 17.7 Å². The zero-order valence-corrected chi connectivity index (χ0v) is 16.9. The number of hydrogen-bond donors (Lipinski definition) is 2. The number of fused-ring (bicyclic) bond motifs is 1. The van der Waals surface area contributed by atoms with Crippen LogP contribution in [0.5, 0.6) is 5.75 Å². The average molecular weight is 386 g/mol. The van der Waals surface area contributed by atoms with Crippen molar-refractivity contribution in [3.63, 3.8) is 0 Å². The maximum atomic E-state index is 6.40. The molecule has 0 aliphatic carbocycles. The molecule has 0 radical (unpaired) electrons. The van der Waals surface area contributed by atoms with E-state index in [1.807, 2.05) is 54.2 Å². The highest BCUT2D eigenvalue weighted by Crippen LogP contribution is 2.28. The van der Waals surface area contributed by atoms with Crippen molar-refractivity contribution < 1.29 is 4.74 Å². The second-order valence-corrected chi connectivity index (χ2v) is 7.00. The van der Waals surface area contributed by atoms with Crippen molar-refractivity contribution in [1.82, 2.24) is 9.55 Å². The molecule has 3 N–H and O–H groups in total. The molecule has 3 aromatic carbocycles. The van der Waals surface area contributed by atoms with E-state index < -0.39 is 0 Å². The zero-order valence-electron chi connectivity index (χ0n) is 16.9. The second kappa shape index (κ2) is 8.27. The molecule has 0 saturated carbocycles. The molecule has 5 nitrogen and oxygen atoms in total. The van der Waals surface area contributed by atoms with E-state index in [2.05, 4.69) is 41.5 Å². The van der Waals surface area contributed by atoms with E-state index in [0.717, 1.165) is 41.1 Å². The standard InChI is InChI=1S/C24H26N4O/c1-3-17-5-7-18(8-6-17)15-26-19-13-22(25)24-23(14-19)27-16-28(24)20-9-11-21(12-10-20)29-4-2/h5-14,16,26H,3-4,15,25H2,1-2H3. The highest BCUT2D eigenvalue weighted by atomic mass is 16.5. The Morgan fingerprint density at radius 1 is 0.966 bits per heavy atom. The fourth-order valence-electron chi connectivity index (χ4n) is 3.44. The maximum Gasteiger partial charge on any atom is 0.119 e. The number of aryl methyl sites for hydroxylation is 1. The van der Waals surface area contributed by atoms with Crippen LogP contribution in [0.15, 0.2) is 67.0 Å². The number of benzene rings is 3. The summed E-state index contributed by atoms with van der Waals surface area (Å²) in [4.78, 5) is 4.56. The Kier molecular flexibility index (Phi) is 5.38. The van der Waals surface area contributed by atoms with Gasteiger partial charge in [0.15, 0.2) is 0 Å². The number of nitrogens with two attached hydrogens (primary N) is 1. The van der Waals surface area contributed by atoms with Crippen LogP contribution in [0.4, 0.5) is 11.4 Å². The highest BCUT2D eigenvalue weighted by Gasteiger charge is 2.10. The molecule has 0 aliphatic rings. The van der Waals surface area contributed by atoms with Crippen LogP contribution in [0.25, 0.3) is 16.7 Å². The Balaban J connectivity index is 1.56. The summed E-state index contributed by atoms with van der Waals surface area (Å²) >= 11 is 0. The number of aromatic nitrogens is 2. The minimum Gasteiger partial charge on any atom is -0.494 e. The largest absolute Gasteiger partial charge is 0.494 e. The third kappa shape index (κ3) is 4.04. The molecule has 1 aromatic heterocycles. The van der Waals surface area contributed by atoms with Crippen molar-refractivity contribution in [1.29, 1.82) is 0 Å². The van der Waals surface area contributed by atoms with Gasteiger partial charge in [0, 0.05) is 17.9 Å². The number of rotatable bonds is 7. The molecule has 0 atom stereocenters. The van der Waals surface area contributed by atoms with Crippen LogP contribution < -0.4 is 15.8 Å². The van der Waals surface area contributed by atoms with Gasteiger partial charge in [-0.3, -0.25) is 4.57 Å². The lowest BCUT2D eigenvalue weighted by molar-refractivity contribution is 0.340. The zero-order chi connectivity index (χ0) is 20.2. The Morgan fingerprint density at radius 3 is 2.38 bits per heavy atom. The van der Waals surface area contributed by atoms with Gasteiger partial charge in [0.05, 0.1) is 23.3 Å². The van der Waals surface area contributed by atoms with Gasteiger partial charge in [-0.15, -0.1) is 0 Å². The van der Waals surface area contributed by atoms with E-state index in [-0.39, 0.29) is 0 Å². The van der Waals surface area contributed by atoms with Crippen molar-refractivity contribution in [2.45, 2.75) is 26.8 Å². The molecule has 0 aliphatic heterocycles. The van der Waals surface area contributed by atoms with Gasteiger partial charge in [-0.2, -0.15) is 0 Å². The van der Waals surface area contributed by atoms with Gasteiger partial charge in [-0.05, 0) is 60.9 Å². The molecule has 1 heterocycles. The number of nitrogens with one attached hydrogen (secondary N) is 1. The highest BCUT2D eigenvalue weighted by molar-refractivity contribution is 5.92. The summed E-state index contributed by atoms with van der Waals surface area (Å²) in [7, 11) is 0. The fraction of sp³-hybridized carbons (Fsp3) is 0.208. The van der Waals surface area contributed by atoms with Crippen molar-refractivity contribution in [2.24, 2.45) is 0 Å². The van der Waals surface area contributed by atoms with E-state index in [1.165, 1.54) is 11.1 Å². The molecule has 0 spiro atoms. The maximum absolute atomic E-state index is 6.40. The predicted molar refractivity (Wildman–Crippen MR) is 120 cm³/mol. The Hall–Kier alpha value is -3.47. The van der Waals surface area contributed by atoms with Gasteiger partial charge in [0.25, 0.3) is 0 Å². The first-order chi connectivity index (χ1) is 14.2. The minimum absolute atomic E-state index is 0.652. The summed E-state index contributed by atoms with van der Waals surface area (Å²) in [6, 6.07) is 20.6. The van der Waals surface area contributed by atoms with Crippen LogP contribution in [-0.2, 0) is 13.0 Å². The van der Waals surface area contributed by atoms with Crippen LogP contribution in [0, 0.1) is 0 Å². The van der Waals surface area contributed by atoms with Crippen molar-refractivity contribution >= 4 is 22.4 Å². The summed E-state index contributed by atoms with van der Waals surface area (Å²) < 4.78 is 7.53. The van der Waals surface area contributed by atoms with Crippen molar-refractivity contribution in [3.8, 4) is 11.4 Å². The van der Waals surface area contributed by atoms with Gasteiger partial charge in [-0.1, -0.05) is 31.2 Å². The lowest BCUT2D eigenvalue weighted by atomic mass is 10.1. The summed E-state index contributed by atoms with van der Waals surface area (Å²) in [5.74, 6) is 0.854.